The van der Waals surface area contributed by atoms with Crippen molar-refractivity contribution in [3.05, 3.63) is 54.5 Å². The molecule has 2 aliphatic heterocycles. The van der Waals surface area contributed by atoms with Crippen LogP contribution < -0.4 is 4.74 Å². The van der Waals surface area contributed by atoms with Crippen LogP contribution in [0.2, 0.25) is 0 Å². The standard InChI is InChI=1S/C24H32N4O3S/c1-17(2)22-13-26-23(14-25-22)31-20-12-19-15-28(10-9-27(19)16-20)32(29,30)21-8-6-7-18(11-21)24(3,4)5/h6-8,11,13-14,19-20H,1,9-10,12,15-16H2,2-5H3/t19-,20+/m0/s1. The van der Waals surface area contributed by atoms with Gasteiger partial charge in [0.1, 0.15) is 6.10 Å². The third-order valence-corrected chi connectivity index (χ3v) is 8.09. The molecule has 1 aromatic carbocycles. The van der Waals surface area contributed by atoms with Crippen LogP contribution in [-0.4, -0.2) is 65.9 Å². The molecule has 7 nitrogen and oxygen atoms in total. The number of nitrogens with zero attached hydrogens (tertiary/aromatic N) is 4. The monoisotopic (exact) mass is 456 g/mol. The Kier molecular flexibility index (Phi) is 6.13. The van der Waals surface area contributed by atoms with Crippen LogP contribution in [-0.2, 0) is 15.4 Å². The summed E-state index contributed by atoms with van der Waals surface area (Å²) in [6.07, 6.45) is 4.02. The number of hydrogen-bond acceptors (Lipinski definition) is 6. The minimum absolute atomic E-state index is 0.0307. The molecule has 0 spiro atoms. The van der Waals surface area contributed by atoms with Crippen molar-refractivity contribution in [1.29, 1.82) is 0 Å². The summed E-state index contributed by atoms with van der Waals surface area (Å²) in [5.41, 5.74) is 2.52. The zero-order chi connectivity index (χ0) is 23.1. The van der Waals surface area contributed by atoms with Crippen molar-refractivity contribution in [3.8, 4) is 5.88 Å². The van der Waals surface area contributed by atoms with Crippen LogP contribution in [0.5, 0.6) is 5.88 Å². The van der Waals surface area contributed by atoms with E-state index in [0.29, 0.717) is 30.4 Å². The molecular formula is C24H32N4O3S. The van der Waals surface area contributed by atoms with Gasteiger partial charge in [0.05, 0.1) is 23.0 Å². The highest BCUT2D eigenvalue weighted by atomic mass is 32.2. The van der Waals surface area contributed by atoms with Gasteiger partial charge in [-0.1, -0.05) is 39.5 Å². The van der Waals surface area contributed by atoms with E-state index in [1.165, 1.54) is 0 Å². The Labute approximate surface area is 191 Å². The molecule has 0 aliphatic carbocycles. The predicted octanol–water partition coefficient (Wildman–Crippen LogP) is 3.33. The second-order valence-electron chi connectivity index (χ2n) is 9.79. The molecule has 0 radical (unpaired) electrons. The molecule has 2 atom stereocenters. The molecule has 0 amide bonds. The van der Waals surface area contributed by atoms with E-state index in [-0.39, 0.29) is 17.6 Å². The van der Waals surface area contributed by atoms with Gasteiger partial charge in [-0.3, -0.25) is 4.90 Å². The number of allylic oxidation sites excluding steroid dienone is 1. The van der Waals surface area contributed by atoms with Gasteiger partial charge in [0, 0.05) is 38.6 Å². The fourth-order valence-electron chi connectivity index (χ4n) is 4.31. The summed E-state index contributed by atoms with van der Waals surface area (Å²) in [6, 6.07) is 7.47. The van der Waals surface area contributed by atoms with Crippen molar-refractivity contribution in [2.45, 2.75) is 56.6 Å². The highest BCUT2D eigenvalue weighted by molar-refractivity contribution is 7.89. The smallest absolute Gasteiger partial charge is 0.243 e. The first-order valence-corrected chi connectivity index (χ1v) is 12.5. The minimum Gasteiger partial charge on any atom is -0.472 e. The van der Waals surface area contributed by atoms with Crippen LogP contribution in [0.3, 0.4) is 0 Å². The van der Waals surface area contributed by atoms with Gasteiger partial charge in [-0.25, -0.2) is 18.4 Å². The van der Waals surface area contributed by atoms with Gasteiger partial charge in [0.2, 0.25) is 15.9 Å². The molecule has 2 aliphatic rings. The summed E-state index contributed by atoms with van der Waals surface area (Å²) in [5, 5.41) is 0. The van der Waals surface area contributed by atoms with Gasteiger partial charge in [0.25, 0.3) is 0 Å². The molecule has 32 heavy (non-hydrogen) atoms. The van der Waals surface area contributed by atoms with Gasteiger partial charge in [-0.15, -0.1) is 0 Å². The lowest BCUT2D eigenvalue weighted by atomic mass is 9.87. The van der Waals surface area contributed by atoms with Crippen molar-refractivity contribution >= 4 is 15.6 Å². The Balaban J connectivity index is 1.43. The van der Waals surface area contributed by atoms with E-state index in [4.69, 9.17) is 4.74 Å². The first-order chi connectivity index (χ1) is 15.0. The summed E-state index contributed by atoms with van der Waals surface area (Å²) < 4.78 is 34.4. The molecular weight excluding hydrogens is 424 g/mol. The van der Waals surface area contributed by atoms with Crippen molar-refractivity contribution in [2.75, 3.05) is 26.2 Å². The number of fused-ring (bicyclic) bond motifs is 1. The highest BCUT2D eigenvalue weighted by Crippen LogP contribution is 2.30. The third kappa shape index (κ3) is 4.72. The Morgan fingerprint density at radius 3 is 2.59 bits per heavy atom. The second kappa shape index (κ2) is 8.57. The van der Waals surface area contributed by atoms with Crippen molar-refractivity contribution in [3.63, 3.8) is 0 Å². The van der Waals surface area contributed by atoms with E-state index < -0.39 is 10.0 Å². The molecule has 3 heterocycles. The molecule has 2 saturated heterocycles. The second-order valence-corrected chi connectivity index (χ2v) is 11.7. The molecule has 2 fully saturated rings. The van der Waals surface area contributed by atoms with Gasteiger partial charge in [-0.05, 0) is 35.6 Å². The minimum atomic E-state index is -3.54. The van der Waals surface area contributed by atoms with Crippen LogP contribution in [0.1, 0.15) is 45.4 Å². The van der Waals surface area contributed by atoms with E-state index in [2.05, 4.69) is 42.2 Å². The number of piperazine rings is 1. The van der Waals surface area contributed by atoms with E-state index in [1.807, 2.05) is 25.1 Å². The van der Waals surface area contributed by atoms with Crippen molar-refractivity contribution < 1.29 is 13.2 Å². The largest absolute Gasteiger partial charge is 0.472 e. The summed E-state index contributed by atoms with van der Waals surface area (Å²) in [5.74, 6) is 0.489. The van der Waals surface area contributed by atoms with Crippen LogP contribution in [0.15, 0.2) is 48.1 Å². The van der Waals surface area contributed by atoms with Crippen LogP contribution in [0, 0.1) is 0 Å². The van der Waals surface area contributed by atoms with Gasteiger partial charge < -0.3 is 4.74 Å². The fraction of sp³-hybridized carbons (Fsp3) is 0.500. The predicted molar refractivity (Wildman–Crippen MR) is 125 cm³/mol. The SMILES string of the molecule is C=C(C)c1cnc(O[C@@H]2C[C@H]3CN(S(=O)(=O)c4cccc(C(C)(C)C)c4)CCN3C2)cn1. The molecule has 4 rings (SSSR count). The summed E-state index contributed by atoms with van der Waals surface area (Å²) in [6.45, 7) is 14.4. The Bertz CT molecular complexity index is 1090. The molecule has 0 unspecified atom stereocenters. The molecule has 1 aromatic heterocycles. The van der Waals surface area contributed by atoms with Gasteiger partial charge >= 0.3 is 0 Å². The third-order valence-electron chi connectivity index (χ3n) is 6.23. The van der Waals surface area contributed by atoms with E-state index in [0.717, 1.165) is 29.8 Å². The molecule has 172 valence electrons. The van der Waals surface area contributed by atoms with Crippen LogP contribution in [0.4, 0.5) is 0 Å². The summed E-state index contributed by atoms with van der Waals surface area (Å²) in [4.78, 5) is 11.3. The summed E-state index contributed by atoms with van der Waals surface area (Å²) in [7, 11) is -3.54. The summed E-state index contributed by atoms with van der Waals surface area (Å²) >= 11 is 0. The maximum atomic E-state index is 13.4. The Hall–Kier alpha value is -2.29. The lowest BCUT2D eigenvalue weighted by molar-refractivity contribution is 0.151. The van der Waals surface area contributed by atoms with Crippen LogP contribution in [0.25, 0.3) is 5.57 Å². The molecule has 8 heteroatoms. The van der Waals surface area contributed by atoms with Crippen LogP contribution >= 0.6 is 0 Å². The number of ether oxygens (including phenoxy) is 1. The van der Waals surface area contributed by atoms with E-state index in [1.54, 1.807) is 22.8 Å². The highest BCUT2D eigenvalue weighted by Gasteiger charge is 2.41. The van der Waals surface area contributed by atoms with E-state index >= 15 is 0 Å². The van der Waals surface area contributed by atoms with E-state index in [9.17, 15) is 8.42 Å². The van der Waals surface area contributed by atoms with Gasteiger partial charge in [-0.2, -0.15) is 4.31 Å². The topological polar surface area (TPSA) is 75.6 Å². The number of sulfonamides is 1. The normalized spacial score (nSPS) is 22.5. The Morgan fingerprint density at radius 2 is 1.94 bits per heavy atom. The molecule has 0 N–H and O–H groups in total. The lowest BCUT2D eigenvalue weighted by Crippen LogP contribution is -2.51. The average molecular weight is 457 g/mol. The first-order valence-electron chi connectivity index (χ1n) is 11.0. The number of aromatic nitrogens is 2. The Morgan fingerprint density at radius 1 is 1.16 bits per heavy atom. The fourth-order valence-corrected chi connectivity index (χ4v) is 5.83. The molecule has 2 aromatic rings. The first kappa shape index (κ1) is 22.9. The molecule has 0 bridgehead atoms. The number of benzene rings is 1. The van der Waals surface area contributed by atoms with Crippen molar-refractivity contribution in [2.24, 2.45) is 0 Å². The lowest BCUT2D eigenvalue weighted by Gasteiger charge is -2.36. The maximum Gasteiger partial charge on any atom is 0.243 e. The number of hydrogen-bond donors (Lipinski definition) is 0. The number of rotatable bonds is 5. The average Bonchev–Trinajstić information content (AvgIpc) is 3.15. The molecule has 0 saturated carbocycles. The zero-order valence-electron chi connectivity index (χ0n) is 19.3. The maximum absolute atomic E-state index is 13.4. The van der Waals surface area contributed by atoms with Crippen molar-refractivity contribution in [1.82, 2.24) is 19.2 Å². The zero-order valence-corrected chi connectivity index (χ0v) is 20.1. The van der Waals surface area contributed by atoms with Gasteiger partial charge in [0.15, 0.2) is 0 Å². The quantitative estimate of drug-likeness (QED) is 0.687.